The summed E-state index contributed by atoms with van der Waals surface area (Å²) in [5.41, 5.74) is 2.93. The quantitative estimate of drug-likeness (QED) is 0.885. The predicted molar refractivity (Wildman–Crippen MR) is 69.5 cm³/mol. The number of aliphatic hydroxyl groups is 1. The molecule has 2 heteroatoms. The predicted octanol–water partition coefficient (Wildman–Crippen LogP) is 2.64. The lowest BCUT2D eigenvalue weighted by molar-refractivity contribution is 0.0343. The molecule has 2 saturated heterocycles. The number of ether oxygens (including phenoxy) is 1. The van der Waals surface area contributed by atoms with E-state index in [2.05, 4.69) is 24.3 Å². The van der Waals surface area contributed by atoms with Crippen molar-refractivity contribution in [3.63, 3.8) is 0 Å². The topological polar surface area (TPSA) is 29.5 Å². The summed E-state index contributed by atoms with van der Waals surface area (Å²) < 4.78 is 5.85. The van der Waals surface area contributed by atoms with Crippen LogP contribution in [0.25, 0.3) is 0 Å². The summed E-state index contributed by atoms with van der Waals surface area (Å²) in [4.78, 5) is 0. The monoisotopic (exact) mass is 244 g/mol. The van der Waals surface area contributed by atoms with E-state index in [1.54, 1.807) is 0 Å². The van der Waals surface area contributed by atoms with Gasteiger partial charge in [0, 0.05) is 5.92 Å². The molecular weight excluding hydrogens is 224 g/mol. The number of rotatable bonds is 3. The van der Waals surface area contributed by atoms with Crippen LogP contribution >= 0.6 is 0 Å². The molecule has 0 radical (unpaired) electrons. The Balaban J connectivity index is 1.41. The van der Waals surface area contributed by atoms with Gasteiger partial charge in [-0.2, -0.15) is 0 Å². The van der Waals surface area contributed by atoms with Crippen molar-refractivity contribution < 1.29 is 9.84 Å². The van der Waals surface area contributed by atoms with E-state index in [9.17, 15) is 5.11 Å². The highest BCUT2D eigenvalue weighted by Crippen LogP contribution is 2.44. The van der Waals surface area contributed by atoms with Crippen LogP contribution in [0.1, 0.15) is 42.7 Å². The molecule has 0 aromatic heterocycles. The van der Waals surface area contributed by atoms with E-state index >= 15 is 0 Å². The lowest BCUT2D eigenvalue weighted by atomic mass is 9.72. The molecule has 2 nitrogen and oxygen atoms in total. The van der Waals surface area contributed by atoms with E-state index in [0.717, 1.165) is 25.7 Å². The first-order valence-electron chi connectivity index (χ1n) is 7.22. The molecule has 1 aromatic carbocycles. The van der Waals surface area contributed by atoms with Gasteiger partial charge in [-0.3, -0.25) is 0 Å². The van der Waals surface area contributed by atoms with E-state index in [0.29, 0.717) is 24.0 Å². The molecule has 3 aliphatic rings. The summed E-state index contributed by atoms with van der Waals surface area (Å²) in [6.45, 7) is 0. The van der Waals surface area contributed by atoms with Crippen LogP contribution < -0.4 is 0 Å². The molecule has 1 aliphatic carbocycles. The van der Waals surface area contributed by atoms with Gasteiger partial charge in [-0.1, -0.05) is 24.3 Å². The Labute approximate surface area is 108 Å². The molecule has 4 rings (SSSR count). The third-order valence-corrected chi connectivity index (χ3v) is 5.13. The highest BCUT2D eigenvalue weighted by molar-refractivity contribution is 5.39. The Kier molecular flexibility index (Phi) is 2.49. The maximum absolute atomic E-state index is 10.5. The normalized spacial score (nSPS) is 38.3. The molecule has 2 heterocycles. The van der Waals surface area contributed by atoms with E-state index in [-0.39, 0.29) is 6.10 Å². The van der Waals surface area contributed by atoms with Crippen LogP contribution in [0.15, 0.2) is 24.3 Å². The van der Waals surface area contributed by atoms with Gasteiger partial charge in [0.1, 0.15) is 0 Å². The largest absolute Gasteiger partial charge is 0.393 e. The lowest BCUT2D eigenvalue weighted by Gasteiger charge is -2.34. The first-order valence-corrected chi connectivity index (χ1v) is 7.22. The Hall–Kier alpha value is -0.860. The second kappa shape index (κ2) is 4.07. The molecule has 1 aromatic rings. The number of aliphatic hydroxyl groups excluding tert-OH is 1. The zero-order valence-electron chi connectivity index (χ0n) is 10.6. The van der Waals surface area contributed by atoms with Gasteiger partial charge in [0.2, 0.25) is 0 Å². The second-order valence-electron chi connectivity index (χ2n) is 6.18. The molecule has 0 amide bonds. The minimum atomic E-state index is -0.168. The first-order chi connectivity index (χ1) is 8.81. The average Bonchev–Trinajstić information content (AvgIpc) is 2.98. The molecule has 2 bridgehead atoms. The molecule has 5 atom stereocenters. The Morgan fingerprint density at radius 2 is 2.17 bits per heavy atom. The van der Waals surface area contributed by atoms with Crippen molar-refractivity contribution in [2.45, 2.75) is 56.3 Å². The fraction of sp³-hybridized carbons (Fsp3) is 0.625. The standard InChI is InChI=1S/C16H20O2/c17-15(14-9-12-5-6-16(14)18-12)8-11-7-10-3-1-2-4-13(10)11/h1-4,11-12,14-17H,5-9H2. The van der Waals surface area contributed by atoms with Gasteiger partial charge in [-0.15, -0.1) is 0 Å². The van der Waals surface area contributed by atoms with Crippen molar-refractivity contribution in [2.24, 2.45) is 5.92 Å². The van der Waals surface area contributed by atoms with E-state index in [4.69, 9.17) is 4.74 Å². The third kappa shape index (κ3) is 1.63. The van der Waals surface area contributed by atoms with Crippen molar-refractivity contribution in [1.82, 2.24) is 0 Å². The summed E-state index contributed by atoms with van der Waals surface area (Å²) >= 11 is 0. The van der Waals surface area contributed by atoms with Crippen LogP contribution in [0.3, 0.4) is 0 Å². The summed E-state index contributed by atoms with van der Waals surface area (Å²) in [5.74, 6) is 0.979. The van der Waals surface area contributed by atoms with Crippen molar-refractivity contribution in [1.29, 1.82) is 0 Å². The molecule has 0 spiro atoms. The van der Waals surface area contributed by atoms with Crippen molar-refractivity contribution in [2.75, 3.05) is 0 Å². The molecule has 96 valence electrons. The van der Waals surface area contributed by atoms with E-state index in [1.807, 2.05) is 0 Å². The zero-order chi connectivity index (χ0) is 12.1. The Morgan fingerprint density at radius 3 is 2.89 bits per heavy atom. The molecule has 18 heavy (non-hydrogen) atoms. The van der Waals surface area contributed by atoms with Crippen LogP contribution in [-0.4, -0.2) is 23.4 Å². The Morgan fingerprint density at radius 1 is 1.28 bits per heavy atom. The summed E-state index contributed by atoms with van der Waals surface area (Å²) in [6.07, 6.45) is 6.15. The molecule has 5 unspecified atom stereocenters. The minimum Gasteiger partial charge on any atom is -0.393 e. The number of hydrogen-bond acceptors (Lipinski definition) is 2. The molecule has 2 fully saturated rings. The fourth-order valence-electron chi connectivity index (χ4n) is 4.12. The van der Waals surface area contributed by atoms with Gasteiger partial charge < -0.3 is 9.84 Å². The molecular formula is C16H20O2. The number of hydrogen-bond donors (Lipinski definition) is 1. The Bertz CT molecular complexity index is 456. The lowest BCUT2D eigenvalue weighted by Crippen LogP contribution is -2.32. The fourth-order valence-corrected chi connectivity index (χ4v) is 4.12. The van der Waals surface area contributed by atoms with Crippen molar-refractivity contribution >= 4 is 0 Å². The van der Waals surface area contributed by atoms with Gasteiger partial charge in [-0.05, 0) is 49.1 Å². The highest BCUT2D eigenvalue weighted by Gasteiger charge is 2.44. The summed E-state index contributed by atoms with van der Waals surface area (Å²) in [7, 11) is 0. The van der Waals surface area contributed by atoms with Crippen LogP contribution in [-0.2, 0) is 11.2 Å². The molecule has 2 aliphatic heterocycles. The van der Waals surface area contributed by atoms with Crippen LogP contribution in [0.5, 0.6) is 0 Å². The van der Waals surface area contributed by atoms with Gasteiger partial charge in [0.05, 0.1) is 18.3 Å². The number of fused-ring (bicyclic) bond motifs is 3. The minimum absolute atomic E-state index is 0.168. The maximum Gasteiger partial charge on any atom is 0.0633 e. The van der Waals surface area contributed by atoms with Crippen molar-refractivity contribution in [3.8, 4) is 0 Å². The van der Waals surface area contributed by atoms with E-state index < -0.39 is 0 Å². The van der Waals surface area contributed by atoms with Crippen LogP contribution in [0.2, 0.25) is 0 Å². The van der Waals surface area contributed by atoms with Gasteiger partial charge >= 0.3 is 0 Å². The summed E-state index contributed by atoms with van der Waals surface area (Å²) in [6, 6.07) is 8.64. The van der Waals surface area contributed by atoms with E-state index in [1.165, 1.54) is 17.5 Å². The number of benzene rings is 1. The smallest absolute Gasteiger partial charge is 0.0633 e. The maximum atomic E-state index is 10.5. The summed E-state index contributed by atoms with van der Waals surface area (Å²) in [5, 5.41) is 10.5. The first kappa shape index (κ1) is 11.0. The SMILES string of the molecule is OC(CC1Cc2ccccc21)C1CC2CCC1O2. The van der Waals surface area contributed by atoms with Crippen LogP contribution in [0, 0.1) is 5.92 Å². The molecule has 0 saturated carbocycles. The highest BCUT2D eigenvalue weighted by atomic mass is 16.5. The van der Waals surface area contributed by atoms with Gasteiger partial charge in [0.25, 0.3) is 0 Å². The average molecular weight is 244 g/mol. The second-order valence-corrected chi connectivity index (χ2v) is 6.18. The van der Waals surface area contributed by atoms with Gasteiger partial charge in [-0.25, -0.2) is 0 Å². The third-order valence-electron chi connectivity index (χ3n) is 5.13. The van der Waals surface area contributed by atoms with Gasteiger partial charge in [0.15, 0.2) is 0 Å². The molecule has 1 N–H and O–H groups in total. The van der Waals surface area contributed by atoms with Crippen LogP contribution in [0.4, 0.5) is 0 Å². The van der Waals surface area contributed by atoms with Crippen molar-refractivity contribution in [3.05, 3.63) is 35.4 Å². The zero-order valence-corrected chi connectivity index (χ0v) is 10.6.